The standard InChI is InChI=1S/C23H30O4/c1-15(2)8-6-9-16(3)10-7-12-23(5)13-11-18-19(27-23)14-17(4)20(21(18)24)22(25)26/h8,10-11,13-14,24H,6-7,9,12H2,1-5H3,(H,25,26)/t23-/m1/s1. The zero-order chi connectivity index (χ0) is 20.2. The van der Waals surface area contributed by atoms with Crippen LogP contribution in [0.3, 0.4) is 0 Å². The van der Waals surface area contributed by atoms with E-state index in [1.165, 1.54) is 11.1 Å². The van der Waals surface area contributed by atoms with Crippen molar-refractivity contribution in [2.75, 3.05) is 0 Å². The molecule has 2 N–H and O–H groups in total. The van der Waals surface area contributed by atoms with E-state index in [4.69, 9.17) is 4.74 Å². The molecule has 2 rings (SSSR count). The smallest absolute Gasteiger partial charge is 0.339 e. The zero-order valence-corrected chi connectivity index (χ0v) is 16.9. The summed E-state index contributed by atoms with van der Waals surface area (Å²) in [5, 5.41) is 19.6. The maximum absolute atomic E-state index is 11.3. The van der Waals surface area contributed by atoms with Crippen LogP contribution in [0, 0.1) is 6.92 Å². The monoisotopic (exact) mass is 370 g/mol. The fourth-order valence-corrected chi connectivity index (χ4v) is 3.28. The largest absolute Gasteiger partial charge is 0.506 e. The minimum Gasteiger partial charge on any atom is -0.506 e. The van der Waals surface area contributed by atoms with E-state index >= 15 is 0 Å². The van der Waals surface area contributed by atoms with Gasteiger partial charge in [0.15, 0.2) is 0 Å². The first-order valence-electron chi connectivity index (χ1n) is 9.40. The fraction of sp³-hybridized carbons (Fsp3) is 0.435. The Labute approximate surface area is 161 Å². The maximum atomic E-state index is 11.3. The number of carboxylic acids is 1. The second-order valence-corrected chi connectivity index (χ2v) is 7.79. The maximum Gasteiger partial charge on any atom is 0.339 e. The number of aryl methyl sites for hydroxylation is 1. The lowest BCUT2D eigenvalue weighted by Gasteiger charge is -2.32. The van der Waals surface area contributed by atoms with Gasteiger partial charge < -0.3 is 14.9 Å². The van der Waals surface area contributed by atoms with E-state index in [9.17, 15) is 15.0 Å². The van der Waals surface area contributed by atoms with Gasteiger partial charge in [-0.05, 0) is 84.1 Å². The van der Waals surface area contributed by atoms with E-state index in [1.807, 2.05) is 13.0 Å². The molecule has 0 unspecified atom stereocenters. The molecule has 27 heavy (non-hydrogen) atoms. The third-order valence-corrected chi connectivity index (χ3v) is 4.88. The van der Waals surface area contributed by atoms with Crippen molar-refractivity contribution in [3.63, 3.8) is 0 Å². The predicted molar refractivity (Wildman–Crippen MR) is 110 cm³/mol. The molecular weight excluding hydrogens is 340 g/mol. The van der Waals surface area contributed by atoms with Gasteiger partial charge in [0.25, 0.3) is 0 Å². The van der Waals surface area contributed by atoms with E-state index < -0.39 is 11.6 Å². The zero-order valence-electron chi connectivity index (χ0n) is 16.9. The number of allylic oxidation sites excluding steroid dienone is 4. The molecular formula is C23H30O4. The number of carboxylic acid groups (broad SMARTS) is 1. The highest BCUT2D eigenvalue weighted by atomic mass is 16.5. The number of carbonyl (C=O) groups is 1. The van der Waals surface area contributed by atoms with Crippen molar-refractivity contribution in [1.82, 2.24) is 0 Å². The number of aromatic carboxylic acids is 1. The first-order chi connectivity index (χ1) is 12.6. The number of rotatable bonds is 7. The number of ether oxygens (including phenoxy) is 1. The van der Waals surface area contributed by atoms with Gasteiger partial charge in [-0.25, -0.2) is 4.79 Å². The lowest BCUT2D eigenvalue weighted by atomic mass is 9.92. The van der Waals surface area contributed by atoms with Gasteiger partial charge >= 0.3 is 5.97 Å². The molecule has 1 aromatic carbocycles. The second kappa shape index (κ2) is 8.47. The summed E-state index contributed by atoms with van der Waals surface area (Å²) in [5.74, 6) is -0.835. The molecule has 1 heterocycles. The fourth-order valence-electron chi connectivity index (χ4n) is 3.28. The predicted octanol–water partition coefficient (Wildman–Crippen LogP) is 6.04. The first kappa shape index (κ1) is 20.8. The van der Waals surface area contributed by atoms with Crippen molar-refractivity contribution in [3.8, 4) is 11.5 Å². The summed E-state index contributed by atoms with van der Waals surface area (Å²) < 4.78 is 6.13. The summed E-state index contributed by atoms with van der Waals surface area (Å²) in [6.07, 6.45) is 12.0. The summed E-state index contributed by atoms with van der Waals surface area (Å²) in [6.45, 7) is 10.1. The molecule has 0 saturated carbocycles. The number of phenols is 1. The Kier molecular flexibility index (Phi) is 6.53. The molecule has 0 bridgehead atoms. The lowest BCUT2D eigenvalue weighted by molar-refractivity contribution is 0.0692. The summed E-state index contributed by atoms with van der Waals surface area (Å²) in [5.41, 5.74) is 3.10. The van der Waals surface area contributed by atoms with Crippen molar-refractivity contribution < 1.29 is 19.7 Å². The van der Waals surface area contributed by atoms with Crippen molar-refractivity contribution in [2.45, 2.75) is 65.9 Å². The highest BCUT2D eigenvalue weighted by Gasteiger charge is 2.30. The van der Waals surface area contributed by atoms with Crippen LogP contribution in [0.2, 0.25) is 0 Å². The molecule has 0 fully saturated rings. The van der Waals surface area contributed by atoms with Crippen LogP contribution in [-0.2, 0) is 0 Å². The van der Waals surface area contributed by atoms with Crippen LogP contribution < -0.4 is 4.74 Å². The van der Waals surface area contributed by atoms with Crippen molar-refractivity contribution in [3.05, 3.63) is 52.1 Å². The van der Waals surface area contributed by atoms with E-state index in [-0.39, 0.29) is 11.3 Å². The lowest BCUT2D eigenvalue weighted by Crippen LogP contribution is -2.31. The van der Waals surface area contributed by atoms with Crippen LogP contribution in [0.4, 0.5) is 0 Å². The normalized spacial score (nSPS) is 18.6. The molecule has 0 amide bonds. The van der Waals surface area contributed by atoms with Crippen LogP contribution in [0.1, 0.15) is 74.9 Å². The number of hydrogen-bond donors (Lipinski definition) is 2. The minimum absolute atomic E-state index is 0.0690. The average Bonchev–Trinajstić information content (AvgIpc) is 2.53. The summed E-state index contributed by atoms with van der Waals surface area (Å²) >= 11 is 0. The Bertz CT molecular complexity index is 810. The van der Waals surface area contributed by atoms with E-state index in [2.05, 4.69) is 32.9 Å². The van der Waals surface area contributed by atoms with E-state index in [0.29, 0.717) is 16.9 Å². The number of hydrogen-bond acceptors (Lipinski definition) is 3. The topological polar surface area (TPSA) is 66.8 Å². The van der Waals surface area contributed by atoms with E-state index in [0.717, 1.165) is 25.7 Å². The van der Waals surface area contributed by atoms with Crippen molar-refractivity contribution in [2.24, 2.45) is 0 Å². The molecule has 0 saturated heterocycles. The molecule has 0 spiro atoms. The molecule has 1 aliphatic rings. The van der Waals surface area contributed by atoms with Gasteiger partial charge in [0.1, 0.15) is 22.7 Å². The Balaban J connectivity index is 2.07. The van der Waals surface area contributed by atoms with Gasteiger partial charge in [-0.1, -0.05) is 23.3 Å². The average molecular weight is 370 g/mol. The Morgan fingerprint density at radius 3 is 2.56 bits per heavy atom. The third kappa shape index (κ3) is 5.25. The highest BCUT2D eigenvalue weighted by molar-refractivity contribution is 5.95. The third-order valence-electron chi connectivity index (χ3n) is 4.88. The summed E-state index contributed by atoms with van der Waals surface area (Å²) in [6, 6.07) is 1.70. The van der Waals surface area contributed by atoms with Gasteiger partial charge in [0.05, 0.1) is 5.56 Å². The molecule has 4 nitrogen and oxygen atoms in total. The van der Waals surface area contributed by atoms with Gasteiger partial charge in [-0.2, -0.15) is 0 Å². The minimum atomic E-state index is -1.14. The van der Waals surface area contributed by atoms with Gasteiger partial charge in [0.2, 0.25) is 0 Å². The molecule has 146 valence electrons. The SMILES string of the molecule is CC(C)=CCCC(C)=CCC[C@]1(C)C=Cc2c(cc(C)c(C(=O)O)c2O)O1. The number of benzene rings is 1. The van der Waals surface area contributed by atoms with Crippen molar-refractivity contribution in [1.29, 1.82) is 0 Å². The van der Waals surface area contributed by atoms with Gasteiger partial charge in [0, 0.05) is 0 Å². The van der Waals surface area contributed by atoms with Crippen LogP contribution in [0.25, 0.3) is 6.08 Å². The Hall–Kier alpha value is -2.49. The molecule has 1 aromatic rings. The summed E-state index contributed by atoms with van der Waals surface area (Å²) in [7, 11) is 0. The van der Waals surface area contributed by atoms with Crippen LogP contribution in [-0.4, -0.2) is 21.8 Å². The molecule has 0 aliphatic carbocycles. The number of fused-ring (bicyclic) bond motifs is 1. The van der Waals surface area contributed by atoms with Crippen LogP contribution >= 0.6 is 0 Å². The molecule has 1 aliphatic heterocycles. The Morgan fingerprint density at radius 1 is 1.22 bits per heavy atom. The molecule has 1 atom stereocenters. The van der Waals surface area contributed by atoms with Gasteiger partial charge in [-0.15, -0.1) is 0 Å². The van der Waals surface area contributed by atoms with Crippen molar-refractivity contribution >= 4 is 12.0 Å². The second-order valence-electron chi connectivity index (χ2n) is 7.79. The molecule has 0 radical (unpaired) electrons. The quantitative estimate of drug-likeness (QED) is 0.575. The Morgan fingerprint density at radius 2 is 1.93 bits per heavy atom. The van der Waals surface area contributed by atoms with Crippen LogP contribution in [0.15, 0.2) is 35.4 Å². The number of aromatic hydroxyl groups is 1. The van der Waals surface area contributed by atoms with Gasteiger partial charge in [-0.3, -0.25) is 0 Å². The highest BCUT2D eigenvalue weighted by Crippen LogP contribution is 2.41. The van der Waals surface area contributed by atoms with Crippen LogP contribution in [0.5, 0.6) is 11.5 Å². The molecule has 0 aromatic heterocycles. The summed E-state index contributed by atoms with van der Waals surface area (Å²) in [4.78, 5) is 11.3. The van der Waals surface area contributed by atoms with E-state index in [1.54, 1.807) is 19.1 Å². The first-order valence-corrected chi connectivity index (χ1v) is 9.40. The molecule has 4 heteroatoms.